The summed E-state index contributed by atoms with van der Waals surface area (Å²) in [6, 6.07) is 6.90. The second kappa shape index (κ2) is 5.73. The van der Waals surface area contributed by atoms with Gasteiger partial charge in [0.25, 0.3) is 0 Å². The van der Waals surface area contributed by atoms with Gasteiger partial charge in [-0.2, -0.15) is 0 Å². The van der Waals surface area contributed by atoms with Crippen LogP contribution in [0.15, 0.2) is 24.3 Å². The number of benzene rings is 1. The van der Waals surface area contributed by atoms with Crippen molar-refractivity contribution in [1.82, 2.24) is 4.90 Å². The van der Waals surface area contributed by atoms with E-state index < -0.39 is 12.0 Å². The number of likely N-dealkylation sites (tertiary alicyclic amines) is 1. The van der Waals surface area contributed by atoms with E-state index in [-0.39, 0.29) is 5.91 Å². The number of hydrogen-bond donors (Lipinski definition) is 1. The Balaban J connectivity index is 1.96. The van der Waals surface area contributed by atoms with Crippen LogP contribution in [-0.2, 0) is 16.0 Å². The number of aliphatic carboxylic acids is 1. The third-order valence-electron chi connectivity index (χ3n) is 3.41. The van der Waals surface area contributed by atoms with Gasteiger partial charge in [0.2, 0.25) is 5.91 Å². The van der Waals surface area contributed by atoms with Crippen LogP contribution in [-0.4, -0.2) is 41.6 Å². The van der Waals surface area contributed by atoms with Crippen molar-refractivity contribution in [3.05, 3.63) is 29.8 Å². The molecule has 1 fully saturated rings. The van der Waals surface area contributed by atoms with Crippen LogP contribution in [0.4, 0.5) is 0 Å². The van der Waals surface area contributed by atoms with Crippen LogP contribution in [0.1, 0.15) is 18.4 Å². The number of methoxy groups -OCH3 is 1. The molecule has 1 aliphatic rings. The maximum atomic E-state index is 11.7. The van der Waals surface area contributed by atoms with Crippen molar-refractivity contribution in [3.8, 4) is 5.75 Å². The van der Waals surface area contributed by atoms with Crippen molar-refractivity contribution in [3.63, 3.8) is 0 Å². The molecule has 1 aliphatic heterocycles. The van der Waals surface area contributed by atoms with Crippen molar-refractivity contribution < 1.29 is 19.4 Å². The van der Waals surface area contributed by atoms with Gasteiger partial charge in [0.1, 0.15) is 11.8 Å². The molecule has 19 heavy (non-hydrogen) atoms. The lowest BCUT2D eigenvalue weighted by Gasteiger charge is -2.21. The first-order valence-corrected chi connectivity index (χ1v) is 6.27. The lowest BCUT2D eigenvalue weighted by molar-refractivity contribution is -0.146. The molecule has 0 bridgehead atoms. The number of rotatable bonds is 5. The molecule has 1 aromatic carbocycles. The number of nitrogens with zero attached hydrogens (tertiary/aromatic N) is 1. The van der Waals surface area contributed by atoms with Crippen LogP contribution in [0.5, 0.6) is 5.75 Å². The van der Waals surface area contributed by atoms with Crippen molar-refractivity contribution in [2.75, 3.05) is 13.7 Å². The van der Waals surface area contributed by atoms with Crippen LogP contribution in [0, 0.1) is 0 Å². The highest BCUT2D eigenvalue weighted by Crippen LogP contribution is 2.20. The van der Waals surface area contributed by atoms with Gasteiger partial charge in [0.15, 0.2) is 0 Å². The summed E-state index contributed by atoms with van der Waals surface area (Å²) < 4.78 is 5.07. The minimum atomic E-state index is -0.916. The molecule has 1 atom stereocenters. The van der Waals surface area contributed by atoms with E-state index in [1.165, 1.54) is 4.90 Å². The number of carbonyl (C=O) groups excluding carboxylic acids is 1. The topological polar surface area (TPSA) is 66.8 Å². The zero-order chi connectivity index (χ0) is 13.8. The number of amides is 1. The van der Waals surface area contributed by atoms with E-state index in [0.29, 0.717) is 25.8 Å². The number of carbonyl (C=O) groups is 2. The molecule has 2 rings (SSSR count). The zero-order valence-electron chi connectivity index (χ0n) is 10.8. The minimum Gasteiger partial charge on any atom is -0.497 e. The highest BCUT2D eigenvalue weighted by Gasteiger charge is 2.35. The Hall–Kier alpha value is -2.04. The van der Waals surface area contributed by atoms with Crippen LogP contribution in [0.3, 0.4) is 0 Å². The lowest BCUT2D eigenvalue weighted by Crippen LogP contribution is -2.39. The summed E-state index contributed by atoms with van der Waals surface area (Å²) in [5, 5.41) is 9.06. The van der Waals surface area contributed by atoms with Crippen LogP contribution >= 0.6 is 0 Å². The normalized spacial score (nSPS) is 18.7. The minimum absolute atomic E-state index is 0.0686. The van der Waals surface area contributed by atoms with Crippen molar-refractivity contribution in [2.45, 2.75) is 25.3 Å². The first kappa shape index (κ1) is 13.4. The lowest BCUT2D eigenvalue weighted by atomic mass is 10.1. The highest BCUT2D eigenvalue weighted by molar-refractivity contribution is 5.87. The molecule has 5 heteroatoms. The van der Waals surface area contributed by atoms with E-state index in [1.807, 2.05) is 24.3 Å². The molecule has 1 heterocycles. The summed E-state index contributed by atoms with van der Waals surface area (Å²) in [6.07, 6.45) is 1.40. The third kappa shape index (κ3) is 3.05. The van der Waals surface area contributed by atoms with E-state index in [9.17, 15) is 9.59 Å². The number of carboxylic acids is 1. The van der Waals surface area contributed by atoms with Gasteiger partial charge in [-0.3, -0.25) is 4.79 Å². The average molecular weight is 263 g/mol. The van der Waals surface area contributed by atoms with Crippen LogP contribution in [0.2, 0.25) is 0 Å². The molecule has 0 aromatic heterocycles. The molecule has 0 aliphatic carbocycles. The van der Waals surface area contributed by atoms with E-state index in [2.05, 4.69) is 0 Å². The Labute approximate surface area is 111 Å². The van der Waals surface area contributed by atoms with Crippen molar-refractivity contribution in [2.24, 2.45) is 0 Å². The molecule has 1 amide bonds. The Kier molecular flexibility index (Phi) is 4.04. The number of ether oxygens (including phenoxy) is 1. The molecular formula is C14H17NO4. The summed E-state index contributed by atoms with van der Waals surface area (Å²) in [7, 11) is 1.61. The van der Waals surface area contributed by atoms with Gasteiger partial charge in [0, 0.05) is 13.0 Å². The summed E-state index contributed by atoms with van der Waals surface area (Å²) >= 11 is 0. The number of carboxylic acid groups (broad SMARTS) is 1. The van der Waals surface area contributed by atoms with E-state index in [1.54, 1.807) is 7.11 Å². The average Bonchev–Trinajstić information content (AvgIpc) is 2.78. The van der Waals surface area contributed by atoms with Gasteiger partial charge in [-0.15, -0.1) is 0 Å². The molecule has 1 unspecified atom stereocenters. The first-order chi connectivity index (χ1) is 9.11. The maximum absolute atomic E-state index is 11.7. The zero-order valence-corrected chi connectivity index (χ0v) is 10.8. The molecular weight excluding hydrogens is 246 g/mol. The fraction of sp³-hybridized carbons (Fsp3) is 0.429. The highest BCUT2D eigenvalue weighted by atomic mass is 16.5. The van der Waals surface area contributed by atoms with Gasteiger partial charge in [-0.25, -0.2) is 4.79 Å². The fourth-order valence-electron chi connectivity index (χ4n) is 2.31. The van der Waals surface area contributed by atoms with Gasteiger partial charge >= 0.3 is 5.97 Å². The van der Waals surface area contributed by atoms with E-state index in [4.69, 9.17) is 9.84 Å². The molecule has 0 spiro atoms. The third-order valence-corrected chi connectivity index (χ3v) is 3.41. The molecule has 1 aromatic rings. The largest absolute Gasteiger partial charge is 0.497 e. The Bertz CT molecular complexity index is 469. The van der Waals surface area contributed by atoms with E-state index >= 15 is 0 Å². The molecule has 1 N–H and O–H groups in total. The smallest absolute Gasteiger partial charge is 0.326 e. The summed E-state index contributed by atoms with van der Waals surface area (Å²) in [5.74, 6) is -0.203. The number of hydrogen-bond acceptors (Lipinski definition) is 3. The molecule has 1 saturated heterocycles. The van der Waals surface area contributed by atoms with Crippen molar-refractivity contribution >= 4 is 11.9 Å². The second-order valence-corrected chi connectivity index (χ2v) is 4.58. The molecule has 102 valence electrons. The standard InChI is InChI=1S/C14H17NO4/c1-19-11-4-2-10(3-5-11)8-9-15-12(14(17)18)6-7-13(15)16/h2-5,12H,6-9H2,1H3,(H,17,18). The summed E-state index contributed by atoms with van der Waals surface area (Å²) in [5.41, 5.74) is 1.06. The van der Waals surface area contributed by atoms with Gasteiger partial charge in [0.05, 0.1) is 7.11 Å². The SMILES string of the molecule is COc1ccc(CCN2C(=O)CCC2C(=O)O)cc1. The predicted octanol–water partition coefficient (Wildman–Crippen LogP) is 1.31. The van der Waals surface area contributed by atoms with Gasteiger partial charge in [-0.1, -0.05) is 12.1 Å². The Morgan fingerprint density at radius 3 is 2.68 bits per heavy atom. The van der Waals surface area contributed by atoms with Gasteiger partial charge in [-0.05, 0) is 30.5 Å². The maximum Gasteiger partial charge on any atom is 0.326 e. The van der Waals surface area contributed by atoms with Crippen LogP contribution in [0.25, 0.3) is 0 Å². The monoisotopic (exact) mass is 263 g/mol. The quantitative estimate of drug-likeness (QED) is 0.870. The predicted molar refractivity (Wildman–Crippen MR) is 69.1 cm³/mol. The summed E-state index contributed by atoms with van der Waals surface area (Å²) in [4.78, 5) is 24.2. The first-order valence-electron chi connectivity index (χ1n) is 6.27. The van der Waals surface area contributed by atoms with Crippen molar-refractivity contribution in [1.29, 1.82) is 0 Å². The molecule has 0 radical (unpaired) electrons. The Morgan fingerprint density at radius 2 is 2.11 bits per heavy atom. The fourth-order valence-corrected chi connectivity index (χ4v) is 2.31. The van der Waals surface area contributed by atoms with E-state index in [0.717, 1.165) is 11.3 Å². The van der Waals surface area contributed by atoms with Crippen LogP contribution < -0.4 is 4.74 Å². The Morgan fingerprint density at radius 1 is 1.42 bits per heavy atom. The second-order valence-electron chi connectivity index (χ2n) is 4.58. The van der Waals surface area contributed by atoms with Gasteiger partial charge < -0.3 is 14.7 Å². The molecule has 5 nitrogen and oxygen atoms in total. The molecule has 0 saturated carbocycles. The summed E-state index contributed by atoms with van der Waals surface area (Å²) in [6.45, 7) is 0.447.